The molecule has 0 spiro atoms. The molecule has 2 rings (SSSR count). The Morgan fingerprint density at radius 3 is 2.42 bits per heavy atom. The monoisotopic (exact) mass is 381 g/mol. The minimum Gasteiger partial charge on any atom is -0.493 e. The molecular weight excluding hydrogens is 371 g/mol. The predicted octanol–water partition coefficient (Wildman–Crippen LogP) is 3.89. The summed E-state index contributed by atoms with van der Waals surface area (Å²) in [4.78, 5) is -0.640. The van der Waals surface area contributed by atoms with E-state index in [0.29, 0.717) is 0 Å². The molecule has 0 amide bonds. The number of anilines is 1. The van der Waals surface area contributed by atoms with Gasteiger partial charge in [-0.15, -0.1) is 0 Å². The van der Waals surface area contributed by atoms with E-state index in [0.717, 1.165) is 18.2 Å². The summed E-state index contributed by atoms with van der Waals surface area (Å²) in [6.07, 6.45) is 0. The molecule has 0 atom stereocenters. The molecule has 0 radical (unpaired) electrons. The Hall–Kier alpha value is -2.13. The molecule has 0 saturated heterocycles. The van der Waals surface area contributed by atoms with Crippen molar-refractivity contribution in [3.8, 4) is 11.5 Å². The van der Waals surface area contributed by atoms with Crippen LogP contribution in [-0.4, -0.2) is 22.1 Å². The van der Waals surface area contributed by atoms with Gasteiger partial charge in [-0.3, -0.25) is 4.72 Å². The first kappa shape index (κ1) is 18.2. The van der Waals surface area contributed by atoms with E-state index in [9.17, 15) is 21.6 Å². The fraction of sp³-hybridized carbons (Fsp3) is 0.143. The van der Waals surface area contributed by atoms with Crippen LogP contribution in [0.5, 0.6) is 11.5 Å². The first-order valence-corrected chi connectivity index (χ1v) is 8.20. The number of nitrogens with one attached hydrogen (secondary N) is 1. The van der Waals surface area contributed by atoms with E-state index in [2.05, 4.69) is 9.46 Å². The Labute approximate surface area is 141 Å². The molecule has 0 heterocycles. The lowest BCUT2D eigenvalue weighted by Gasteiger charge is -2.13. The normalized spacial score (nSPS) is 11.4. The van der Waals surface area contributed by atoms with E-state index in [1.165, 1.54) is 25.3 Å². The Bertz CT molecular complexity index is 846. The molecule has 130 valence electrons. The van der Waals surface area contributed by atoms with Gasteiger partial charge in [-0.05, 0) is 30.3 Å². The molecule has 0 aliphatic heterocycles. The van der Waals surface area contributed by atoms with Crippen molar-refractivity contribution in [3.63, 3.8) is 0 Å². The average Bonchev–Trinajstić information content (AvgIpc) is 2.46. The Morgan fingerprint density at radius 2 is 1.83 bits per heavy atom. The van der Waals surface area contributed by atoms with Gasteiger partial charge >= 0.3 is 6.61 Å². The highest BCUT2D eigenvalue weighted by Crippen LogP contribution is 2.32. The maximum atomic E-state index is 13.8. The van der Waals surface area contributed by atoms with Crippen LogP contribution >= 0.6 is 11.6 Å². The second-order valence-corrected chi connectivity index (χ2v) is 6.51. The quantitative estimate of drug-likeness (QED) is 0.824. The third-order valence-corrected chi connectivity index (χ3v) is 4.46. The van der Waals surface area contributed by atoms with Crippen molar-refractivity contribution in [2.45, 2.75) is 11.5 Å². The lowest BCUT2D eigenvalue weighted by atomic mass is 10.3. The van der Waals surface area contributed by atoms with Crippen molar-refractivity contribution in [1.29, 1.82) is 0 Å². The highest BCUT2D eigenvalue weighted by molar-refractivity contribution is 7.92. The third-order valence-electron chi connectivity index (χ3n) is 2.82. The highest BCUT2D eigenvalue weighted by atomic mass is 35.5. The van der Waals surface area contributed by atoms with Gasteiger partial charge in [-0.1, -0.05) is 11.6 Å². The minimum absolute atomic E-state index is 0.0177. The van der Waals surface area contributed by atoms with Gasteiger partial charge in [0.2, 0.25) is 0 Å². The first-order valence-electron chi connectivity index (χ1n) is 6.33. The Balaban J connectivity index is 2.35. The molecule has 1 N–H and O–H groups in total. The minimum atomic E-state index is -4.29. The predicted molar refractivity (Wildman–Crippen MR) is 81.8 cm³/mol. The van der Waals surface area contributed by atoms with Crippen molar-refractivity contribution in [1.82, 2.24) is 0 Å². The summed E-state index contributed by atoms with van der Waals surface area (Å²) in [5.41, 5.74) is -0.110. The van der Waals surface area contributed by atoms with E-state index in [-0.39, 0.29) is 22.2 Å². The highest BCUT2D eigenvalue weighted by Gasteiger charge is 2.20. The molecule has 5 nitrogen and oxygen atoms in total. The van der Waals surface area contributed by atoms with Crippen LogP contribution in [-0.2, 0) is 10.0 Å². The fourth-order valence-electron chi connectivity index (χ4n) is 1.83. The van der Waals surface area contributed by atoms with E-state index < -0.39 is 27.3 Å². The molecule has 0 saturated carbocycles. The van der Waals surface area contributed by atoms with Gasteiger partial charge in [0.1, 0.15) is 10.7 Å². The van der Waals surface area contributed by atoms with Gasteiger partial charge in [0.05, 0.1) is 12.8 Å². The maximum absolute atomic E-state index is 13.8. The van der Waals surface area contributed by atoms with Crippen LogP contribution in [0.1, 0.15) is 0 Å². The second kappa shape index (κ2) is 7.18. The number of sulfonamides is 1. The number of ether oxygens (including phenoxy) is 2. The van der Waals surface area contributed by atoms with E-state index in [4.69, 9.17) is 16.3 Å². The SMILES string of the molecule is COc1ccc(NS(=O)(=O)c2ccc(Cl)cc2F)cc1OC(F)F. The number of hydrogen-bond acceptors (Lipinski definition) is 4. The van der Waals surface area contributed by atoms with Crippen molar-refractivity contribution < 1.29 is 31.1 Å². The number of hydrogen-bond donors (Lipinski definition) is 1. The summed E-state index contributed by atoms with van der Waals surface area (Å²) < 4.78 is 74.1. The molecule has 0 aliphatic carbocycles. The topological polar surface area (TPSA) is 64.6 Å². The van der Waals surface area contributed by atoms with Crippen LogP contribution in [0.4, 0.5) is 18.9 Å². The lowest BCUT2D eigenvalue weighted by Crippen LogP contribution is -2.15. The smallest absolute Gasteiger partial charge is 0.387 e. The summed E-state index contributed by atoms with van der Waals surface area (Å²) in [5, 5.41) is 0.0310. The van der Waals surface area contributed by atoms with Gasteiger partial charge in [-0.25, -0.2) is 12.8 Å². The van der Waals surface area contributed by atoms with Gasteiger partial charge in [0, 0.05) is 11.1 Å². The average molecular weight is 382 g/mol. The van der Waals surface area contributed by atoms with Crippen molar-refractivity contribution in [2.24, 2.45) is 0 Å². The maximum Gasteiger partial charge on any atom is 0.387 e. The number of rotatable bonds is 6. The fourth-order valence-corrected chi connectivity index (χ4v) is 3.10. The lowest BCUT2D eigenvalue weighted by molar-refractivity contribution is -0.0511. The van der Waals surface area contributed by atoms with Crippen LogP contribution in [0.3, 0.4) is 0 Å². The molecule has 24 heavy (non-hydrogen) atoms. The number of halogens is 4. The summed E-state index contributed by atoms with van der Waals surface area (Å²) in [6, 6.07) is 6.51. The van der Waals surface area contributed by atoms with Crippen molar-refractivity contribution in [3.05, 3.63) is 47.2 Å². The van der Waals surface area contributed by atoms with Gasteiger partial charge in [0.25, 0.3) is 10.0 Å². The van der Waals surface area contributed by atoms with E-state index in [1.807, 2.05) is 0 Å². The van der Waals surface area contributed by atoms with Crippen LogP contribution in [0, 0.1) is 5.82 Å². The zero-order valence-electron chi connectivity index (χ0n) is 12.1. The Morgan fingerprint density at radius 1 is 1.12 bits per heavy atom. The molecular formula is C14H11ClF3NO4S. The Kier molecular flexibility index (Phi) is 5.45. The number of alkyl halides is 2. The molecule has 0 aromatic heterocycles. The summed E-state index contributed by atoms with van der Waals surface area (Å²) in [6.45, 7) is -3.13. The van der Waals surface area contributed by atoms with E-state index in [1.54, 1.807) is 0 Å². The van der Waals surface area contributed by atoms with E-state index >= 15 is 0 Å². The summed E-state index contributed by atoms with van der Waals surface area (Å²) in [7, 11) is -3.06. The molecule has 10 heteroatoms. The standard InChI is InChI=1S/C14H11ClF3NO4S/c1-22-11-4-3-9(7-12(11)23-14(17)18)19-24(20,21)13-5-2-8(15)6-10(13)16/h2-7,14,19H,1H3. The molecule has 0 aliphatic rings. The van der Waals surface area contributed by atoms with Crippen LogP contribution in [0.15, 0.2) is 41.3 Å². The van der Waals surface area contributed by atoms with Crippen molar-refractivity contribution >= 4 is 27.3 Å². The second-order valence-electron chi connectivity index (χ2n) is 4.42. The van der Waals surface area contributed by atoms with Crippen molar-refractivity contribution in [2.75, 3.05) is 11.8 Å². The number of methoxy groups -OCH3 is 1. The number of benzene rings is 2. The van der Waals surface area contributed by atoms with Gasteiger partial charge in [0.15, 0.2) is 11.5 Å². The van der Waals surface area contributed by atoms with Crippen LogP contribution in [0.2, 0.25) is 5.02 Å². The third kappa shape index (κ3) is 4.24. The molecule has 2 aromatic carbocycles. The zero-order chi connectivity index (χ0) is 17.9. The molecule has 2 aromatic rings. The first-order chi connectivity index (χ1) is 11.2. The zero-order valence-corrected chi connectivity index (χ0v) is 13.7. The summed E-state index contributed by atoms with van der Waals surface area (Å²) in [5.74, 6) is -1.44. The van der Waals surface area contributed by atoms with Gasteiger partial charge in [-0.2, -0.15) is 8.78 Å². The largest absolute Gasteiger partial charge is 0.493 e. The van der Waals surface area contributed by atoms with Crippen LogP contribution in [0.25, 0.3) is 0 Å². The summed E-state index contributed by atoms with van der Waals surface area (Å²) >= 11 is 5.57. The van der Waals surface area contributed by atoms with Crippen LogP contribution < -0.4 is 14.2 Å². The molecule has 0 bridgehead atoms. The van der Waals surface area contributed by atoms with Gasteiger partial charge < -0.3 is 9.47 Å². The molecule has 0 fully saturated rings. The molecule has 0 unspecified atom stereocenters.